The topological polar surface area (TPSA) is 53.8 Å². The van der Waals surface area contributed by atoms with Gasteiger partial charge in [0.2, 0.25) is 0 Å². The first kappa shape index (κ1) is 11.5. The van der Waals surface area contributed by atoms with Crippen LogP contribution in [0.4, 0.5) is 0 Å². The largest absolute Gasteiger partial charge is 0.288 e. The van der Waals surface area contributed by atoms with E-state index in [0.717, 1.165) is 5.69 Å². The van der Waals surface area contributed by atoms with Gasteiger partial charge in [-0.05, 0) is 18.2 Å². The molecule has 1 aromatic heterocycles. The van der Waals surface area contributed by atoms with Crippen molar-refractivity contribution >= 4 is 23.0 Å². The van der Waals surface area contributed by atoms with E-state index in [9.17, 15) is 4.79 Å². The molecule has 0 fully saturated rings. The molecule has 0 bridgehead atoms. The van der Waals surface area contributed by atoms with Crippen LogP contribution in [-0.2, 0) is 4.79 Å². The second-order valence-electron chi connectivity index (χ2n) is 2.79. The van der Waals surface area contributed by atoms with Crippen molar-refractivity contribution in [1.82, 2.24) is 4.98 Å². The molecule has 0 N–H and O–H groups in total. The van der Waals surface area contributed by atoms with E-state index in [2.05, 4.69) is 4.98 Å². The minimum Gasteiger partial charge on any atom is -0.288 e. The number of carbonyl (C=O) groups is 1. The zero-order valence-electron chi connectivity index (χ0n) is 8.30. The summed E-state index contributed by atoms with van der Waals surface area (Å²) >= 11 is 1.25. The van der Waals surface area contributed by atoms with Gasteiger partial charge in [0, 0.05) is 18.9 Å². The van der Waals surface area contributed by atoms with Crippen molar-refractivity contribution in [2.75, 3.05) is 5.75 Å². The zero-order chi connectivity index (χ0) is 11.1. The molecular weight excluding hydrogens is 208 g/mol. The van der Waals surface area contributed by atoms with Crippen molar-refractivity contribution in [2.24, 2.45) is 0 Å². The van der Waals surface area contributed by atoms with E-state index in [4.69, 9.17) is 5.26 Å². The molecule has 0 aliphatic heterocycles. The molecule has 0 unspecified atom stereocenters. The standard InChI is InChI=1S/C11H10N2OS/c1-9(14)15-6-2-3-11-5-4-10(7-12)8-13-11/h2-5,8H,6H2,1H3. The number of nitrogens with zero attached hydrogens (tertiary/aromatic N) is 2. The van der Waals surface area contributed by atoms with Crippen LogP contribution in [0.15, 0.2) is 24.4 Å². The fourth-order valence-electron chi connectivity index (χ4n) is 0.904. The van der Waals surface area contributed by atoms with Gasteiger partial charge in [-0.2, -0.15) is 5.26 Å². The van der Waals surface area contributed by atoms with Gasteiger partial charge >= 0.3 is 0 Å². The van der Waals surface area contributed by atoms with Gasteiger partial charge < -0.3 is 0 Å². The minimum absolute atomic E-state index is 0.104. The summed E-state index contributed by atoms with van der Waals surface area (Å²) in [4.78, 5) is 14.7. The molecule has 0 atom stereocenters. The van der Waals surface area contributed by atoms with Gasteiger partial charge in [0.05, 0.1) is 11.3 Å². The molecule has 1 heterocycles. The van der Waals surface area contributed by atoms with Gasteiger partial charge in [0.1, 0.15) is 6.07 Å². The Labute approximate surface area is 92.8 Å². The molecule has 0 aliphatic rings. The number of carbonyl (C=O) groups excluding carboxylic acids is 1. The average molecular weight is 218 g/mol. The molecule has 0 amide bonds. The fourth-order valence-corrected chi connectivity index (χ4v) is 1.33. The highest BCUT2D eigenvalue weighted by Gasteiger charge is 1.92. The summed E-state index contributed by atoms with van der Waals surface area (Å²) in [5, 5.41) is 8.66. The summed E-state index contributed by atoms with van der Waals surface area (Å²) in [5.74, 6) is 0.650. The van der Waals surface area contributed by atoms with E-state index in [0.29, 0.717) is 11.3 Å². The normalized spacial score (nSPS) is 10.1. The first-order chi connectivity index (χ1) is 7.22. The molecule has 3 nitrogen and oxygen atoms in total. The number of pyridine rings is 1. The Hall–Kier alpha value is -1.60. The monoisotopic (exact) mass is 218 g/mol. The number of nitriles is 1. The second kappa shape index (κ2) is 5.99. The average Bonchev–Trinajstić information content (AvgIpc) is 2.25. The number of aromatic nitrogens is 1. The fraction of sp³-hybridized carbons (Fsp3) is 0.182. The Morgan fingerprint density at radius 2 is 2.47 bits per heavy atom. The third kappa shape index (κ3) is 4.43. The molecule has 1 aromatic rings. The van der Waals surface area contributed by atoms with E-state index < -0.39 is 0 Å². The van der Waals surface area contributed by atoms with Gasteiger partial charge in [0.15, 0.2) is 5.12 Å². The van der Waals surface area contributed by atoms with Gasteiger partial charge in [-0.1, -0.05) is 17.8 Å². The van der Waals surface area contributed by atoms with Gasteiger partial charge in [-0.15, -0.1) is 0 Å². The highest BCUT2D eigenvalue weighted by atomic mass is 32.2. The first-order valence-corrected chi connectivity index (χ1v) is 5.37. The molecule has 15 heavy (non-hydrogen) atoms. The summed E-state index contributed by atoms with van der Waals surface area (Å²) in [6.45, 7) is 1.54. The van der Waals surface area contributed by atoms with Crippen LogP contribution in [-0.4, -0.2) is 15.9 Å². The summed E-state index contributed by atoms with van der Waals surface area (Å²) in [6, 6.07) is 5.49. The lowest BCUT2D eigenvalue weighted by Gasteiger charge is -1.92. The predicted octanol–water partition coefficient (Wildman–Crippen LogP) is 2.25. The molecule has 76 valence electrons. The van der Waals surface area contributed by atoms with Crippen molar-refractivity contribution in [2.45, 2.75) is 6.92 Å². The molecule has 0 radical (unpaired) electrons. The second-order valence-corrected chi connectivity index (χ2v) is 3.99. The van der Waals surface area contributed by atoms with Gasteiger partial charge in [0.25, 0.3) is 0 Å². The zero-order valence-corrected chi connectivity index (χ0v) is 9.12. The Kier molecular flexibility index (Phi) is 4.58. The third-order valence-corrected chi connectivity index (χ3v) is 2.35. The van der Waals surface area contributed by atoms with Gasteiger partial charge in [-0.25, -0.2) is 0 Å². The summed E-state index contributed by atoms with van der Waals surface area (Å²) in [7, 11) is 0. The SMILES string of the molecule is CC(=O)SCC=Cc1ccc(C#N)cn1. The Bertz CT molecular complexity index is 404. The Morgan fingerprint density at radius 1 is 1.67 bits per heavy atom. The van der Waals surface area contributed by atoms with E-state index in [-0.39, 0.29) is 5.12 Å². The molecule has 0 saturated carbocycles. The smallest absolute Gasteiger partial charge is 0.186 e. The van der Waals surface area contributed by atoms with Gasteiger partial charge in [-0.3, -0.25) is 9.78 Å². The van der Waals surface area contributed by atoms with Crippen LogP contribution in [0.25, 0.3) is 6.08 Å². The quantitative estimate of drug-likeness (QED) is 0.780. The van der Waals surface area contributed by atoms with E-state index in [1.165, 1.54) is 18.0 Å². The van der Waals surface area contributed by atoms with E-state index in [1.54, 1.807) is 19.1 Å². The third-order valence-electron chi connectivity index (χ3n) is 1.59. The van der Waals surface area contributed by atoms with E-state index in [1.807, 2.05) is 18.2 Å². The Balaban J connectivity index is 2.50. The number of hydrogen-bond acceptors (Lipinski definition) is 4. The van der Waals surface area contributed by atoms with Crippen LogP contribution in [0.5, 0.6) is 0 Å². The molecule has 0 aromatic carbocycles. The maximum atomic E-state index is 10.6. The number of rotatable bonds is 3. The highest BCUT2D eigenvalue weighted by molar-refractivity contribution is 8.13. The lowest BCUT2D eigenvalue weighted by molar-refractivity contribution is -0.109. The first-order valence-electron chi connectivity index (χ1n) is 4.38. The summed E-state index contributed by atoms with van der Waals surface area (Å²) in [5.41, 5.74) is 1.34. The van der Waals surface area contributed by atoms with Crippen molar-refractivity contribution in [3.63, 3.8) is 0 Å². The van der Waals surface area contributed by atoms with Crippen LogP contribution in [0.2, 0.25) is 0 Å². The van der Waals surface area contributed by atoms with Crippen LogP contribution in [0, 0.1) is 11.3 Å². The van der Waals surface area contributed by atoms with Crippen molar-refractivity contribution in [3.8, 4) is 6.07 Å². The lowest BCUT2D eigenvalue weighted by Crippen LogP contribution is -1.84. The van der Waals surface area contributed by atoms with Crippen LogP contribution < -0.4 is 0 Å². The maximum absolute atomic E-state index is 10.6. The van der Waals surface area contributed by atoms with Crippen LogP contribution >= 0.6 is 11.8 Å². The van der Waals surface area contributed by atoms with E-state index >= 15 is 0 Å². The lowest BCUT2D eigenvalue weighted by atomic mass is 10.2. The molecule has 4 heteroatoms. The van der Waals surface area contributed by atoms with Crippen LogP contribution in [0.3, 0.4) is 0 Å². The maximum Gasteiger partial charge on any atom is 0.186 e. The molecular formula is C11H10N2OS. The summed E-state index contributed by atoms with van der Waals surface area (Å²) in [6.07, 6.45) is 5.23. The molecule has 1 rings (SSSR count). The highest BCUT2D eigenvalue weighted by Crippen LogP contribution is 2.04. The van der Waals surface area contributed by atoms with Crippen LogP contribution in [0.1, 0.15) is 18.2 Å². The van der Waals surface area contributed by atoms with Crippen molar-refractivity contribution < 1.29 is 4.79 Å². The predicted molar refractivity (Wildman–Crippen MR) is 61.1 cm³/mol. The minimum atomic E-state index is 0.104. The molecule has 0 saturated heterocycles. The number of hydrogen-bond donors (Lipinski definition) is 0. The molecule has 0 aliphatic carbocycles. The number of thioether (sulfide) groups is 1. The molecule has 0 spiro atoms. The van der Waals surface area contributed by atoms with Crippen molar-refractivity contribution in [3.05, 3.63) is 35.7 Å². The summed E-state index contributed by atoms with van der Waals surface area (Å²) < 4.78 is 0. The Morgan fingerprint density at radius 3 is 3.00 bits per heavy atom. The van der Waals surface area contributed by atoms with Crippen molar-refractivity contribution in [1.29, 1.82) is 5.26 Å².